The molecule has 1 aromatic carbocycles. The molecule has 2 fully saturated rings. The number of carbonyl (C=O) groups is 1. The van der Waals surface area contributed by atoms with Gasteiger partial charge in [-0.15, -0.1) is 0 Å². The standard InChI is InChI=1S/C19H25F3N2O3S/c20-19(21,22)28(26,27)17-7-5-16(6-8-17)24-11-9-15(10-12-24)23-18(25)13-14-3-1-2-4-14/h5-8,14-15H,1-4,9-13H2,(H,23,25). The van der Waals surface area contributed by atoms with Gasteiger partial charge in [0.2, 0.25) is 5.91 Å². The van der Waals surface area contributed by atoms with Crippen LogP contribution < -0.4 is 10.2 Å². The molecule has 0 radical (unpaired) electrons. The number of piperidine rings is 1. The Labute approximate surface area is 163 Å². The number of carbonyl (C=O) groups excluding carboxylic acids is 1. The van der Waals surface area contributed by atoms with Crippen LogP contribution in [0.15, 0.2) is 29.2 Å². The molecular formula is C19H25F3N2O3S. The van der Waals surface area contributed by atoms with Gasteiger partial charge in [-0.25, -0.2) is 8.42 Å². The van der Waals surface area contributed by atoms with E-state index in [4.69, 9.17) is 0 Å². The van der Waals surface area contributed by atoms with E-state index >= 15 is 0 Å². The van der Waals surface area contributed by atoms with Gasteiger partial charge in [0.25, 0.3) is 9.84 Å². The fraction of sp³-hybridized carbons (Fsp3) is 0.632. The molecule has 5 nitrogen and oxygen atoms in total. The van der Waals surface area contributed by atoms with Crippen molar-refractivity contribution in [1.29, 1.82) is 0 Å². The third kappa shape index (κ3) is 4.79. The molecule has 1 saturated carbocycles. The zero-order chi connectivity index (χ0) is 20.4. The maximum atomic E-state index is 12.6. The quantitative estimate of drug-likeness (QED) is 0.793. The molecule has 0 bridgehead atoms. The first kappa shape index (κ1) is 21.0. The summed E-state index contributed by atoms with van der Waals surface area (Å²) in [6.07, 6.45) is 6.77. The van der Waals surface area contributed by atoms with E-state index in [-0.39, 0.29) is 11.9 Å². The Bertz CT molecular complexity index is 780. The number of halogens is 3. The highest BCUT2D eigenvalue weighted by Crippen LogP contribution is 2.32. The lowest BCUT2D eigenvalue weighted by atomic mass is 10.0. The second kappa shape index (κ2) is 8.31. The second-order valence-corrected chi connectivity index (χ2v) is 9.57. The van der Waals surface area contributed by atoms with Gasteiger partial charge in [0.05, 0.1) is 4.90 Å². The monoisotopic (exact) mass is 418 g/mol. The van der Waals surface area contributed by atoms with Crippen molar-refractivity contribution in [2.45, 2.75) is 61.4 Å². The van der Waals surface area contributed by atoms with Crippen molar-refractivity contribution < 1.29 is 26.4 Å². The van der Waals surface area contributed by atoms with Gasteiger partial charge >= 0.3 is 5.51 Å². The van der Waals surface area contributed by atoms with E-state index in [1.165, 1.54) is 25.0 Å². The molecule has 0 spiro atoms. The molecule has 0 atom stereocenters. The van der Waals surface area contributed by atoms with Crippen molar-refractivity contribution in [3.63, 3.8) is 0 Å². The number of hydrogen-bond donors (Lipinski definition) is 1. The lowest BCUT2D eigenvalue weighted by Crippen LogP contribution is -2.45. The summed E-state index contributed by atoms with van der Waals surface area (Å²) in [4.78, 5) is 13.4. The summed E-state index contributed by atoms with van der Waals surface area (Å²) in [5.74, 6) is 0.610. The summed E-state index contributed by atoms with van der Waals surface area (Å²) in [6.45, 7) is 1.31. The summed E-state index contributed by atoms with van der Waals surface area (Å²) in [5.41, 5.74) is -4.62. The molecule has 1 heterocycles. The second-order valence-electron chi connectivity index (χ2n) is 7.63. The van der Waals surface area contributed by atoms with Gasteiger partial charge in [0.15, 0.2) is 0 Å². The normalized spacial score (nSPS) is 19.8. The SMILES string of the molecule is O=C(CC1CCCC1)NC1CCN(c2ccc(S(=O)(=O)C(F)(F)F)cc2)CC1. The van der Waals surface area contributed by atoms with Crippen molar-refractivity contribution in [1.82, 2.24) is 5.32 Å². The van der Waals surface area contributed by atoms with Crippen LogP contribution in [0.3, 0.4) is 0 Å². The predicted molar refractivity (Wildman–Crippen MR) is 99.6 cm³/mol. The first-order valence-electron chi connectivity index (χ1n) is 9.62. The molecule has 0 aromatic heterocycles. The van der Waals surface area contributed by atoms with Gasteiger partial charge in [-0.1, -0.05) is 12.8 Å². The molecule has 156 valence electrons. The fourth-order valence-electron chi connectivity index (χ4n) is 4.02. The molecule has 2 aliphatic rings. The molecular weight excluding hydrogens is 393 g/mol. The molecule has 1 aliphatic carbocycles. The average Bonchev–Trinajstić information content (AvgIpc) is 3.14. The summed E-state index contributed by atoms with van der Waals surface area (Å²) in [7, 11) is -5.32. The van der Waals surface area contributed by atoms with E-state index in [1.807, 2.05) is 4.90 Å². The molecule has 1 aromatic rings. The third-order valence-electron chi connectivity index (χ3n) is 5.63. The van der Waals surface area contributed by atoms with Gasteiger partial charge in [-0.05, 0) is 55.9 Å². The van der Waals surface area contributed by atoms with Crippen LogP contribution in [0.1, 0.15) is 44.9 Å². The summed E-state index contributed by atoms with van der Waals surface area (Å²) in [5, 5.41) is 3.09. The predicted octanol–water partition coefficient (Wildman–Crippen LogP) is 3.65. The van der Waals surface area contributed by atoms with E-state index in [2.05, 4.69) is 5.32 Å². The minimum absolute atomic E-state index is 0.104. The van der Waals surface area contributed by atoms with Crippen LogP contribution >= 0.6 is 0 Å². The van der Waals surface area contributed by atoms with Crippen LogP contribution in [0.25, 0.3) is 0 Å². The topological polar surface area (TPSA) is 66.5 Å². The zero-order valence-electron chi connectivity index (χ0n) is 15.5. The van der Waals surface area contributed by atoms with Crippen molar-refractivity contribution >= 4 is 21.4 Å². The van der Waals surface area contributed by atoms with Crippen molar-refractivity contribution in [2.75, 3.05) is 18.0 Å². The largest absolute Gasteiger partial charge is 0.501 e. The highest BCUT2D eigenvalue weighted by atomic mass is 32.2. The van der Waals surface area contributed by atoms with Crippen LogP contribution in [0.2, 0.25) is 0 Å². The molecule has 3 rings (SSSR count). The van der Waals surface area contributed by atoms with Crippen LogP contribution in [0, 0.1) is 5.92 Å². The van der Waals surface area contributed by atoms with Crippen molar-refractivity contribution in [3.05, 3.63) is 24.3 Å². The Hall–Kier alpha value is -1.77. The highest BCUT2D eigenvalue weighted by molar-refractivity contribution is 7.92. The number of sulfone groups is 1. The highest BCUT2D eigenvalue weighted by Gasteiger charge is 2.46. The molecule has 1 aliphatic heterocycles. The maximum Gasteiger partial charge on any atom is 0.501 e. The number of nitrogens with one attached hydrogen (secondary N) is 1. The summed E-state index contributed by atoms with van der Waals surface area (Å²) in [6, 6.07) is 4.89. The number of benzene rings is 1. The van der Waals surface area contributed by atoms with Gasteiger partial charge in [-0.3, -0.25) is 4.79 Å². The van der Waals surface area contributed by atoms with E-state index in [0.29, 0.717) is 31.1 Å². The maximum absolute atomic E-state index is 12.6. The van der Waals surface area contributed by atoms with E-state index < -0.39 is 20.2 Å². The first-order valence-corrected chi connectivity index (χ1v) is 11.1. The summed E-state index contributed by atoms with van der Waals surface area (Å²) >= 11 is 0. The van der Waals surface area contributed by atoms with E-state index in [9.17, 15) is 26.4 Å². The van der Waals surface area contributed by atoms with Crippen LogP contribution in [-0.2, 0) is 14.6 Å². The molecule has 28 heavy (non-hydrogen) atoms. The number of alkyl halides is 3. The first-order chi connectivity index (χ1) is 13.2. The zero-order valence-corrected chi connectivity index (χ0v) is 16.4. The summed E-state index contributed by atoms with van der Waals surface area (Å²) < 4.78 is 60.7. The Morgan fingerprint density at radius 2 is 1.61 bits per heavy atom. The van der Waals surface area contributed by atoms with E-state index in [1.54, 1.807) is 0 Å². The number of amides is 1. The van der Waals surface area contributed by atoms with Gasteiger partial charge in [0, 0.05) is 31.2 Å². The number of rotatable bonds is 5. The Morgan fingerprint density at radius 1 is 1.04 bits per heavy atom. The number of hydrogen-bond acceptors (Lipinski definition) is 4. The lowest BCUT2D eigenvalue weighted by molar-refractivity contribution is -0.122. The van der Waals surface area contributed by atoms with Crippen LogP contribution in [0.4, 0.5) is 18.9 Å². The molecule has 1 amide bonds. The van der Waals surface area contributed by atoms with Crippen LogP contribution in [-0.4, -0.2) is 39.0 Å². The van der Waals surface area contributed by atoms with Gasteiger partial charge in [-0.2, -0.15) is 13.2 Å². The molecule has 0 unspecified atom stereocenters. The Balaban J connectivity index is 1.51. The van der Waals surface area contributed by atoms with Crippen molar-refractivity contribution in [2.24, 2.45) is 5.92 Å². The molecule has 9 heteroatoms. The third-order valence-corrected chi connectivity index (χ3v) is 7.13. The fourth-order valence-corrected chi connectivity index (χ4v) is 4.78. The lowest BCUT2D eigenvalue weighted by Gasteiger charge is -2.34. The Morgan fingerprint density at radius 3 is 2.14 bits per heavy atom. The van der Waals surface area contributed by atoms with Gasteiger partial charge < -0.3 is 10.2 Å². The number of nitrogens with zero attached hydrogens (tertiary/aromatic N) is 1. The minimum Gasteiger partial charge on any atom is -0.371 e. The smallest absolute Gasteiger partial charge is 0.371 e. The average molecular weight is 418 g/mol. The van der Waals surface area contributed by atoms with Crippen LogP contribution in [0.5, 0.6) is 0 Å². The Kier molecular flexibility index (Phi) is 6.21. The number of anilines is 1. The minimum atomic E-state index is -5.32. The molecule has 1 N–H and O–H groups in total. The van der Waals surface area contributed by atoms with E-state index in [0.717, 1.165) is 37.8 Å². The van der Waals surface area contributed by atoms with Gasteiger partial charge in [0.1, 0.15) is 0 Å². The molecule has 1 saturated heterocycles. The van der Waals surface area contributed by atoms with Crippen molar-refractivity contribution in [3.8, 4) is 0 Å².